The Kier molecular flexibility index (Phi) is 7.51. The lowest BCUT2D eigenvalue weighted by atomic mass is 10.0. The predicted molar refractivity (Wildman–Crippen MR) is 139 cm³/mol. The first-order valence-corrected chi connectivity index (χ1v) is 13.8. The Morgan fingerprint density at radius 1 is 1.03 bits per heavy atom. The van der Waals surface area contributed by atoms with Crippen molar-refractivity contribution < 1.29 is 31.4 Å². The average molecular weight is 564 g/mol. The highest BCUT2D eigenvalue weighted by Gasteiger charge is 2.35. The molecular weight excluding hydrogens is 535 g/mol. The van der Waals surface area contributed by atoms with Crippen molar-refractivity contribution in [3.63, 3.8) is 0 Å². The Balaban J connectivity index is 1.22. The van der Waals surface area contributed by atoms with E-state index in [2.05, 4.69) is 20.2 Å². The Hall–Kier alpha value is -3.26. The number of halogens is 3. The summed E-state index contributed by atoms with van der Waals surface area (Å²) < 4.78 is 71.3. The number of aliphatic hydroxyl groups is 1. The predicted octanol–water partition coefficient (Wildman–Crippen LogP) is 3.23. The summed E-state index contributed by atoms with van der Waals surface area (Å²) in [6.45, 7) is 1.51. The first-order chi connectivity index (χ1) is 18.5. The molecule has 0 radical (unpaired) electrons. The lowest BCUT2D eigenvalue weighted by Gasteiger charge is -2.39. The number of anilines is 2. The maximum absolute atomic E-state index is 13.3. The summed E-state index contributed by atoms with van der Waals surface area (Å²) >= 11 is 0. The number of benzene rings is 1. The molecule has 208 valence electrons. The number of methoxy groups -OCH3 is 1. The van der Waals surface area contributed by atoms with Crippen molar-refractivity contribution in [2.75, 3.05) is 43.5 Å². The number of hydrogen-bond donors (Lipinski definition) is 2. The van der Waals surface area contributed by atoms with Crippen molar-refractivity contribution in [1.82, 2.24) is 14.3 Å². The fourth-order valence-electron chi connectivity index (χ4n) is 4.64. The van der Waals surface area contributed by atoms with E-state index >= 15 is 0 Å². The molecule has 2 N–H and O–H groups in total. The standard InChI is InChI=1S/C26H28F3N5O4S/c1-38-20-14-33(15-20)25-12-18(8-10-30-25)17-2-5-21(6-3-17)39(36,37)34-11-9-22(23(35)16-34)32-24-7-4-19(13-31-24)26(27,28)29/h2-8,10,12-13,20,22-23,35H,9,11,14-16H2,1H3,(H,31,32)/t22-,23+/m1/s1. The maximum atomic E-state index is 13.3. The van der Waals surface area contributed by atoms with Crippen LogP contribution in [0.2, 0.25) is 0 Å². The van der Waals surface area contributed by atoms with Crippen molar-refractivity contribution in [3.8, 4) is 11.1 Å². The topological polar surface area (TPSA) is 108 Å². The number of aromatic nitrogens is 2. The molecule has 4 heterocycles. The molecule has 39 heavy (non-hydrogen) atoms. The number of ether oxygens (including phenoxy) is 1. The van der Waals surface area contributed by atoms with E-state index in [0.29, 0.717) is 6.20 Å². The summed E-state index contributed by atoms with van der Waals surface area (Å²) in [6, 6.07) is 11.9. The Bertz CT molecular complexity index is 1400. The summed E-state index contributed by atoms with van der Waals surface area (Å²) in [5, 5.41) is 13.5. The second-order valence-corrected chi connectivity index (χ2v) is 11.5. The number of alkyl halides is 3. The fraction of sp³-hybridized carbons (Fsp3) is 0.385. The highest BCUT2D eigenvalue weighted by atomic mass is 32.2. The zero-order valence-electron chi connectivity index (χ0n) is 21.0. The summed E-state index contributed by atoms with van der Waals surface area (Å²) in [6.07, 6.45) is -2.69. The minimum Gasteiger partial charge on any atom is -0.390 e. The van der Waals surface area contributed by atoms with Crippen LogP contribution < -0.4 is 10.2 Å². The molecule has 13 heteroatoms. The highest BCUT2D eigenvalue weighted by molar-refractivity contribution is 7.89. The van der Waals surface area contributed by atoms with Crippen molar-refractivity contribution in [2.45, 2.75) is 35.7 Å². The minimum absolute atomic E-state index is 0.106. The number of β-amino-alcohol motifs (C(OH)–C–C–N with tert-alkyl or cyclic N) is 1. The van der Waals surface area contributed by atoms with Gasteiger partial charge in [0.1, 0.15) is 11.6 Å². The van der Waals surface area contributed by atoms with Gasteiger partial charge >= 0.3 is 6.18 Å². The number of nitrogens with one attached hydrogen (secondary N) is 1. The van der Waals surface area contributed by atoms with Gasteiger partial charge in [-0.25, -0.2) is 18.4 Å². The fourth-order valence-corrected chi connectivity index (χ4v) is 6.11. The number of pyridine rings is 2. The van der Waals surface area contributed by atoms with Crippen molar-refractivity contribution in [2.24, 2.45) is 0 Å². The van der Waals surface area contributed by atoms with Gasteiger partial charge in [-0.1, -0.05) is 12.1 Å². The van der Waals surface area contributed by atoms with Crippen LogP contribution in [-0.4, -0.2) is 79.3 Å². The average Bonchev–Trinajstić information content (AvgIpc) is 2.89. The molecule has 2 aromatic heterocycles. The molecule has 0 aliphatic carbocycles. The van der Waals surface area contributed by atoms with Gasteiger partial charge in [0.2, 0.25) is 10.0 Å². The smallest absolute Gasteiger partial charge is 0.390 e. The van der Waals surface area contributed by atoms with Crippen LogP contribution in [0, 0.1) is 0 Å². The van der Waals surface area contributed by atoms with E-state index in [9.17, 15) is 26.7 Å². The lowest BCUT2D eigenvalue weighted by molar-refractivity contribution is -0.137. The third-order valence-corrected chi connectivity index (χ3v) is 8.92. The number of hydrogen-bond acceptors (Lipinski definition) is 8. The number of rotatable bonds is 7. The van der Waals surface area contributed by atoms with E-state index in [0.717, 1.165) is 36.1 Å². The third kappa shape index (κ3) is 5.86. The Morgan fingerprint density at radius 3 is 2.38 bits per heavy atom. The molecular formula is C26H28F3N5O4S. The van der Waals surface area contributed by atoms with Gasteiger partial charge < -0.3 is 20.1 Å². The van der Waals surface area contributed by atoms with Crippen LogP contribution in [0.4, 0.5) is 24.8 Å². The van der Waals surface area contributed by atoms with Crippen LogP contribution in [0.3, 0.4) is 0 Å². The van der Waals surface area contributed by atoms with Gasteiger partial charge in [-0.15, -0.1) is 0 Å². The maximum Gasteiger partial charge on any atom is 0.417 e. The largest absolute Gasteiger partial charge is 0.417 e. The van der Waals surface area contributed by atoms with Crippen LogP contribution in [-0.2, 0) is 20.9 Å². The van der Waals surface area contributed by atoms with Gasteiger partial charge in [0.25, 0.3) is 0 Å². The second kappa shape index (κ2) is 10.7. The van der Waals surface area contributed by atoms with Crippen molar-refractivity contribution in [3.05, 3.63) is 66.5 Å². The van der Waals surface area contributed by atoms with Crippen molar-refractivity contribution >= 4 is 21.7 Å². The Morgan fingerprint density at radius 2 is 1.77 bits per heavy atom. The van der Waals surface area contributed by atoms with Gasteiger partial charge in [-0.2, -0.15) is 17.5 Å². The number of nitrogens with zero attached hydrogens (tertiary/aromatic N) is 4. The quantitative estimate of drug-likeness (QED) is 0.451. The van der Waals surface area contributed by atoms with Crippen molar-refractivity contribution in [1.29, 1.82) is 0 Å². The summed E-state index contributed by atoms with van der Waals surface area (Å²) in [7, 11) is -2.18. The molecule has 0 unspecified atom stereocenters. The monoisotopic (exact) mass is 563 g/mol. The van der Waals surface area contributed by atoms with Crippen LogP contribution in [0.5, 0.6) is 0 Å². The summed E-state index contributed by atoms with van der Waals surface area (Å²) in [5.41, 5.74) is 0.874. The molecule has 0 amide bonds. The molecule has 2 aliphatic rings. The van der Waals surface area contributed by atoms with Crippen LogP contribution in [0.25, 0.3) is 11.1 Å². The molecule has 5 rings (SSSR count). The van der Waals surface area contributed by atoms with Crippen LogP contribution >= 0.6 is 0 Å². The number of aliphatic hydroxyl groups excluding tert-OH is 1. The molecule has 2 atom stereocenters. The lowest BCUT2D eigenvalue weighted by Crippen LogP contribution is -2.52. The molecule has 2 aliphatic heterocycles. The van der Waals surface area contributed by atoms with Gasteiger partial charge in [0.05, 0.1) is 28.7 Å². The summed E-state index contributed by atoms with van der Waals surface area (Å²) in [4.78, 5) is 10.4. The molecule has 9 nitrogen and oxygen atoms in total. The first-order valence-electron chi connectivity index (χ1n) is 12.4. The van der Waals surface area contributed by atoms with E-state index in [1.54, 1.807) is 25.4 Å². The molecule has 0 bridgehead atoms. The molecule has 2 fully saturated rings. The normalized spacial score (nSPS) is 21.0. The van der Waals surface area contributed by atoms with Crippen LogP contribution in [0.1, 0.15) is 12.0 Å². The molecule has 0 saturated carbocycles. The van der Waals surface area contributed by atoms with Gasteiger partial charge in [-0.3, -0.25) is 0 Å². The zero-order valence-corrected chi connectivity index (χ0v) is 21.9. The van der Waals surface area contributed by atoms with E-state index in [1.807, 2.05) is 12.1 Å². The number of piperidine rings is 1. The molecule has 0 spiro atoms. The number of sulfonamides is 1. The molecule has 3 aromatic rings. The molecule has 2 saturated heterocycles. The highest BCUT2D eigenvalue weighted by Crippen LogP contribution is 2.30. The molecule has 1 aromatic carbocycles. The zero-order chi connectivity index (χ0) is 27.8. The first kappa shape index (κ1) is 27.3. The van der Waals surface area contributed by atoms with Gasteiger partial charge in [-0.05, 0) is 53.9 Å². The second-order valence-electron chi connectivity index (χ2n) is 9.59. The third-order valence-electron chi connectivity index (χ3n) is 7.05. The van der Waals surface area contributed by atoms with Gasteiger partial charge in [0, 0.05) is 45.7 Å². The van der Waals surface area contributed by atoms with E-state index in [1.165, 1.54) is 22.5 Å². The Labute approximate surface area is 224 Å². The van der Waals surface area contributed by atoms with Crippen LogP contribution in [0.15, 0.2) is 65.8 Å². The van der Waals surface area contributed by atoms with E-state index < -0.39 is 33.9 Å². The summed E-state index contributed by atoms with van der Waals surface area (Å²) in [5.74, 6) is 1.00. The SMILES string of the molecule is COC1CN(c2cc(-c3ccc(S(=O)(=O)N4CC[C@@H](Nc5ccc(C(F)(F)F)cn5)[C@@H](O)C4)cc3)ccn2)C1. The van der Waals surface area contributed by atoms with E-state index in [4.69, 9.17) is 4.74 Å². The van der Waals surface area contributed by atoms with Gasteiger partial charge in [0.15, 0.2) is 0 Å². The van der Waals surface area contributed by atoms with E-state index in [-0.39, 0.29) is 36.3 Å². The minimum atomic E-state index is -4.49.